The molecular weight excluding hydrogens is 382 g/mol. The molecule has 1 N–H and O–H groups in total. The normalized spacial score (nSPS) is 18.8. The maximum atomic E-state index is 4.97. The number of hydrogen-bond donors (Lipinski definition) is 1. The van der Waals surface area contributed by atoms with Crippen LogP contribution in [0.25, 0.3) is 11.0 Å². The lowest BCUT2D eigenvalue weighted by atomic mass is 10.2. The first-order valence-corrected chi connectivity index (χ1v) is 10.4. The number of guanidine groups is 1. The van der Waals surface area contributed by atoms with Crippen molar-refractivity contribution in [3.63, 3.8) is 0 Å². The van der Waals surface area contributed by atoms with Crippen LogP contribution in [0.2, 0.25) is 0 Å². The zero-order valence-electron chi connectivity index (χ0n) is 15.6. The fourth-order valence-electron chi connectivity index (χ4n) is 4.00. The van der Waals surface area contributed by atoms with Gasteiger partial charge in [-0.25, -0.2) is 9.98 Å². The van der Waals surface area contributed by atoms with Crippen LogP contribution in [0.3, 0.4) is 0 Å². The summed E-state index contributed by atoms with van der Waals surface area (Å²) >= 11 is 1.74. The first-order valence-electron chi connectivity index (χ1n) is 9.57. The Labute approximate surface area is 172 Å². The fraction of sp³-hybridized carbons (Fsp3) is 0.190. The van der Waals surface area contributed by atoms with E-state index in [1.54, 1.807) is 17.5 Å². The molecule has 0 saturated heterocycles. The predicted octanol–water partition coefficient (Wildman–Crippen LogP) is 3.24. The third-order valence-corrected chi connectivity index (χ3v) is 6.23. The van der Waals surface area contributed by atoms with Crippen LogP contribution in [-0.4, -0.2) is 38.7 Å². The van der Waals surface area contributed by atoms with Gasteiger partial charge in [0, 0.05) is 23.8 Å². The Balaban J connectivity index is 1.42. The van der Waals surface area contributed by atoms with Crippen LogP contribution >= 0.6 is 11.3 Å². The molecule has 2 aliphatic rings. The Hall–Kier alpha value is -3.23. The molecule has 0 radical (unpaired) electrons. The first kappa shape index (κ1) is 16.7. The minimum atomic E-state index is -0.00252. The van der Waals surface area contributed by atoms with E-state index in [2.05, 4.69) is 66.4 Å². The summed E-state index contributed by atoms with van der Waals surface area (Å²) in [7, 11) is 0. The lowest BCUT2D eigenvalue weighted by molar-refractivity contribution is 0.264. The molecule has 7 nitrogen and oxygen atoms in total. The summed E-state index contributed by atoms with van der Waals surface area (Å²) in [4.78, 5) is 19.8. The van der Waals surface area contributed by atoms with Crippen molar-refractivity contribution in [1.82, 2.24) is 24.8 Å². The van der Waals surface area contributed by atoms with Crippen molar-refractivity contribution >= 4 is 34.3 Å². The number of para-hydroxylation sites is 2. The van der Waals surface area contributed by atoms with Crippen LogP contribution in [-0.2, 0) is 6.54 Å². The van der Waals surface area contributed by atoms with Crippen LogP contribution in [0.4, 0.5) is 5.95 Å². The van der Waals surface area contributed by atoms with Gasteiger partial charge in [0.25, 0.3) is 0 Å². The Bertz CT molecular complexity index is 1180. The number of aliphatic imine (C=N–C) groups is 1. The molecule has 4 aromatic rings. The number of nitrogens with one attached hydrogen (secondary N) is 1. The van der Waals surface area contributed by atoms with Crippen molar-refractivity contribution in [2.45, 2.75) is 12.7 Å². The molecule has 1 atom stereocenters. The van der Waals surface area contributed by atoms with Gasteiger partial charge in [-0.2, -0.15) is 0 Å². The SMILES string of the molecule is c1cncc(CN2CN=C3N[C@H](c4cccs4)n4c(nc5ccccc54)N3C2)c1. The van der Waals surface area contributed by atoms with Crippen molar-refractivity contribution in [2.24, 2.45) is 4.99 Å². The number of aromatic nitrogens is 3. The molecule has 0 aliphatic carbocycles. The number of anilines is 1. The van der Waals surface area contributed by atoms with Crippen LogP contribution in [0, 0.1) is 0 Å². The lowest BCUT2D eigenvalue weighted by Crippen LogP contribution is -2.57. The number of pyridine rings is 1. The van der Waals surface area contributed by atoms with E-state index < -0.39 is 0 Å². The van der Waals surface area contributed by atoms with E-state index in [-0.39, 0.29) is 6.17 Å². The van der Waals surface area contributed by atoms with Gasteiger partial charge in [-0.15, -0.1) is 11.3 Å². The summed E-state index contributed by atoms with van der Waals surface area (Å²) in [5.41, 5.74) is 3.30. The first-order chi connectivity index (χ1) is 14.4. The molecule has 144 valence electrons. The third-order valence-electron chi connectivity index (χ3n) is 5.30. The van der Waals surface area contributed by atoms with E-state index in [9.17, 15) is 0 Å². The summed E-state index contributed by atoms with van der Waals surface area (Å²) in [6, 6.07) is 16.6. The highest BCUT2D eigenvalue weighted by Crippen LogP contribution is 2.35. The van der Waals surface area contributed by atoms with Gasteiger partial charge in [-0.3, -0.25) is 19.4 Å². The average Bonchev–Trinajstić information content (AvgIpc) is 3.43. The number of rotatable bonds is 3. The quantitative estimate of drug-likeness (QED) is 0.571. The Morgan fingerprint density at radius 3 is 2.93 bits per heavy atom. The maximum absolute atomic E-state index is 4.97. The summed E-state index contributed by atoms with van der Waals surface area (Å²) in [6.45, 7) is 2.17. The molecule has 0 fully saturated rings. The van der Waals surface area contributed by atoms with E-state index in [0.717, 1.165) is 36.2 Å². The molecule has 2 aliphatic heterocycles. The Morgan fingerprint density at radius 1 is 1.10 bits per heavy atom. The maximum Gasteiger partial charge on any atom is 0.216 e. The molecule has 0 saturated carbocycles. The van der Waals surface area contributed by atoms with Gasteiger partial charge in [-0.05, 0) is 35.2 Å². The van der Waals surface area contributed by atoms with Crippen molar-refractivity contribution < 1.29 is 0 Å². The number of nitrogens with zero attached hydrogens (tertiary/aromatic N) is 6. The van der Waals surface area contributed by atoms with Gasteiger partial charge in [-0.1, -0.05) is 24.3 Å². The molecule has 6 rings (SSSR count). The molecule has 1 aromatic carbocycles. The smallest absolute Gasteiger partial charge is 0.216 e. The fourth-order valence-corrected chi connectivity index (χ4v) is 4.77. The number of fused-ring (bicyclic) bond motifs is 5. The molecule has 29 heavy (non-hydrogen) atoms. The summed E-state index contributed by atoms with van der Waals surface area (Å²) in [5.74, 6) is 1.81. The lowest BCUT2D eigenvalue weighted by Gasteiger charge is -2.41. The molecule has 0 unspecified atom stereocenters. The van der Waals surface area contributed by atoms with Gasteiger partial charge < -0.3 is 5.32 Å². The minimum absolute atomic E-state index is 0.00252. The summed E-state index contributed by atoms with van der Waals surface area (Å²) in [6.07, 6.45) is 3.71. The average molecular weight is 401 g/mol. The number of benzene rings is 1. The monoisotopic (exact) mass is 401 g/mol. The summed E-state index contributed by atoms with van der Waals surface area (Å²) < 4.78 is 2.29. The van der Waals surface area contributed by atoms with E-state index >= 15 is 0 Å². The molecular formula is C21H19N7S. The zero-order valence-corrected chi connectivity index (χ0v) is 16.5. The number of thiophene rings is 1. The number of hydrogen-bond acceptors (Lipinski definition) is 7. The van der Waals surface area contributed by atoms with E-state index in [0.29, 0.717) is 6.67 Å². The van der Waals surface area contributed by atoms with Gasteiger partial charge >= 0.3 is 0 Å². The van der Waals surface area contributed by atoms with Crippen molar-refractivity contribution in [2.75, 3.05) is 18.2 Å². The molecule has 8 heteroatoms. The zero-order chi connectivity index (χ0) is 19.2. The minimum Gasteiger partial charge on any atom is -0.331 e. The molecule has 3 aromatic heterocycles. The predicted molar refractivity (Wildman–Crippen MR) is 115 cm³/mol. The van der Waals surface area contributed by atoms with Crippen molar-refractivity contribution in [3.05, 3.63) is 76.7 Å². The van der Waals surface area contributed by atoms with Crippen LogP contribution in [0.1, 0.15) is 16.6 Å². The molecule has 0 spiro atoms. The van der Waals surface area contributed by atoms with Crippen LogP contribution < -0.4 is 10.2 Å². The second-order valence-corrected chi connectivity index (χ2v) is 8.19. The van der Waals surface area contributed by atoms with Crippen LogP contribution in [0.15, 0.2) is 71.3 Å². The van der Waals surface area contributed by atoms with Gasteiger partial charge in [0.2, 0.25) is 11.9 Å². The van der Waals surface area contributed by atoms with Crippen molar-refractivity contribution in [3.8, 4) is 0 Å². The topological polar surface area (TPSA) is 61.6 Å². The molecule has 0 amide bonds. The highest BCUT2D eigenvalue weighted by Gasteiger charge is 2.36. The molecule has 5 heterocycles. The summed E-state index contributed by atoms with van der Waals surface area (Å²) in [5, 5.41) is 5.76. The van der Waals surface area contributed by atoms with Gasteiger partial charge in [0.05, 0.1) is 24.4 Å². The van der Waals surface area contributed by atoms with E-state index in [4.69, 9.17) is 9.98 Å². The van der Waals surface area contributed by atoms with Crippen LogP contribution in [0.5, 0.6) is 0 Å². The number of imidazole rings is 1. The Morgan fingerprint density at radius 2 is 2.07 bits per heavy atom. The second kappa shape index (κ2) is 6.68. The van der Waals surface area contributed by atoms with Crippen molar-refractivity contribution in [1.29, 1.82) is 0 Å². The van der Waals surface area contributed by atoms with E-state index in [1.165, 1.54) is 10.4 Å². The van der Waals surface area contributed by atoms with Gasteiger partial charge in [0.1, 0.15) is 6.17 Å². The highest BCUT2D eigenvalue weighted by molar-refractivity contribution is 7.10. The van der Waals surface area contributed by atoms with E-state index in [1.807, 2.05) is 18.3 Å². The van der Waals surface area contributed by atoms with Gasteiger partial charge in [0.15, 0.2) is 0 Å². The molecule has 0 bridgehead atoms. The second-order valence-electron chi connectivity index (χ2n) is 7.22. The largest absolute Gasteiger partial charge is 0.331 e. The Kier molecular flexibility index (Phi) is 3.85. The highest BCUT2D eigenvalue weighted by atomic mass is 32.1. The standard InChI is InChI=1S/C21H19N7S/c1-2-7-17-16(6-1)24-21-27-14-26(12-15-5-3-9-22-11-15)13-23-20(27)25-19(28(17)21)18-8-4-10-29-18/h1-11,19H,12-14H2,(H,23,25)/t19-/m0/s1. The third kappa shape index (κ3) is 2.80.